The molecule has 5 heteroatoms. The SMILES string of the molecule is Cc1cccc(-c2c(N)noc2-c2cnc(C)s2)c1. The molecule has 96 valence electrons. The second-order valence-electron chi connectivity index (χ2n) is 4.38. The summed E-state index contributed by atoms with van der Waals surface area (Å²) in [5.74, 6) is 1.10. The summed E-state index contributed by atoms with van der Waals surface area (Å²) in [6.45, 7) is 4.00. The average Bonchev–Trinajstić information content (AvgIpc) is 2.95. The number of rotatable bonds is 2. The Kier molecular flexibility index (Phi) is 2.83. The standard InChI is InChI=1S/C14H13N3OS/c1-8-4-3-5-10(6-8)12-13(18-17-14(12)15)11-7-16-9(2)19-11/h3-7H,1-2H3,(H2,15,17). The van der Waals surface area contributed by atoms with Gasteiger partial charge in [0.2, 0.25) is 0 Å². The van der Waals surface area contributed by atoms with E-state index in [0.29, 0.717) is 11.6 Å². The number of anilines is 1. The van der Waals surface area contributed by atoms with E-state index in [1.807, 2.05) is 32.0 Å². The lowest BCUT2D eigenvalue weighted by Crippen LogP contribution is -1.88. The molecule has 0 atom stereocenters. The number of nitrogen functional groups attached to an aromatic ring is 1. The smallest absolute Gasteiger partial charge is 0.188 e. The molecule has 0 saturated carbocycles. The summed E-state index contributed by atoms with van der Waals surface area (Å²) < 4.78 is 5.38. The third kappa shape index (κ3) is 2.13. The van der Waals surface area contributed by atoms with Crippen LogP contribution in [0, 0.1) is 13.8 Å². The molecule has 0 bridgehead atoms. The first-order valence-electron chi connectivity index (χ1n) is 5.90. The van der Waals surface area contributed by atoms with E-state index in [0.717, 1.165) is 21.0 Å². The lowest BCUT2D eigenvalue weighted by molar-refractivity contribution is 0.437. The molecule has 2 aromatic heterocycles. The summed E-state index contributed by atoms with van der Waals surface area (Å²) in [5.41, 5.74) is 8.97. The molecule has 0 spiro atoms. The van der Waals surface area contributed by atoms with Gasteiger partial charge in [0.05, 0.1) is 15.4 Å². The fraction of sp³-hybridized carbons (Fsp3) is 0.143. The molecule has 0 saturated heterocycles. The van der Waals surface area contributed by atoms with Crippen molar-refractivity contribution in [1.29, 1.82) is 0 Å². The zero-order valence-corrected chi connectivity index (χ0v) is 11.5. The summed E-state index contributed by atoms with van der Waals surface area (Å²) in [7, 11) is 0. The minimum Gasteiger partial charge on any atom is -0.380 e. The van der Waals surface area contributed by atoms with E-state index < -0.39 is 0 Å². The van der Waals surface area contributed by atoms with Crippen LogP contribution in [0.15, 0.2) is 35.0 Å². The van der Waals surface area contributed by atoms with Gasteiger partial charge in [-0.2, -0.15) is 0 Å². The molecule has 3 rings (SSSR count). The number of nitrogens with two attached hydrogens (primary N) is 1. The van der Waals surface area contributed by atoms with Crippen molar-refractivity contribution in [2.24, 2.45) is 0 Å². The first-order chi connectivity index (χ1) is 9.15. The fourth-order valence-electron chi connectivity index (χ4n) is 2.02. The molecule has 1 aromatic carbocycles. The predicted octanol–water partition coefficient (Wildman–Crippen LogP) is 3.66. The van der Waals surface area contributed by atoms with Crippen molar-refractivity contribution in [1.82, 2.24) is 10.1 Å². The Bertz CT molecular complexity index is 730. The second-order valence-corrected chi connectivity index (χ2v) is 5.62. The highest BCUT2D eigenvalue weighted by Crippen LogP contribution is 2.38. The lowest BCUT2D eigenvalue weighted by Gasteiger charge is -2.02. The minimum absolute atomic E-state index is 0.409. The molecule has 0 aliphatic carbocycles. The molecular formula is C14H13N3OS. The summed E-state index contributed by atoms with van der Waals surface area (Å²) in [4.78, 5) is 5.19. The van der Waals surface area contributed by atoms with Crippen molar-refractivity contribution in [2.75, 3.05) is 5.73 Å². The van der Waals surface area contributed by atoms with Crippen LogP contribution in [0.3, 0.4) is 0 Å². The van der Waals surface area contributed by atoms with Crippen LogP contribution in [0.2, 0.25) is 0 Å². The normalized spacial score (nSPS) is 10.8. The van der Waals surface area contributed by atoms with Crippen molar-refractivity contribution in [3.63, 3.8) is 0 Å². The van der Waals surface area contributed by atoms with Gasteiger partial charge in [0.25, 0.3) is 0 Å². The maximum atomic E-state index is 5.95. The average molecular weight is 271 g/mol. The van der Waals surface area contributed by atoms with Gasteiger partial charge in [-0.05, 0) is 19.4 Å². The maximum Gasteiger partial charge on any atom is 0.188 e. The number of aromatic nitrogens is 2. The molecule has 0 fully saturated rings. The third-order valence-electron chi connectivity index (χ3n) is 2.87. The maximum absolute atomic E-state index is 5.95. The van der Waals surface area contributed by atoms with Crippen molar-refractivity contribution >= 4 is 17.2 Å². The van der Waals surface area contributed by atoms with E-state index in [4.69, 9.17) is 10.3 Å². The summed E-state index contributed by atoms with van der Waals surface area (Å²) in [5, 5.41) is 4.88. The highest BCUT2D eigenvalue weighted by molar-refractivity contribution is 7.15. The van der Waals surface area contributed by atoms with Crippen LogP contribution in [0.1, 0.15) is 10.6 Å². The molecular weight excluding hydrogens is 258 g/mol. The van der Waals surface area contributed by atoms with Crippen molar-refractivity contribution < 1.29 is 4.52 Å². The van der Waals surface area contributed by atoms with E-state index in [9.17, 15) is 0 Å². The van der Waals surface area contributed by atoms with Gasteiger partial charge in [-0.1, -0.05) is 35.0 Å². The summed E-state index contributed by atoms with van der Waals surface area (Å²) >= 11 is 1.57. The van der Waals surface area contributed by atoms with Crippen LogP contribution in [0.4, 0.5) is 5.82 Å². The first-order valence-corrected chi connectivity index (χ1v) is 6.72. The zero-order chi connectivity index (χ0) is 13.4. The van der Waals surface area contributed by atoms with Crippen molar-refractivity contribution in [3.8, 4) is 21.8 Å². The van der Waals surface area contributed by atoms with Gasteiger partial charge in [-0.15, -0.1) is 11.3 Å². The van der Waals surface area contributed by atoms with Crippen LogP contribution in [0.5, 0.6) is 0 Å². The first kappa shape index (κ1) is 11.9. The fourth-order valence-corrected chi connectivity index (χ4v) is 2.78. The molecule has 3 aromatic rings. The van der Waals surface area contributed by atoms with E-state index in [-0.39, 0.29) is 0 Å². The van der Waals surface area contributed by atoms with Gasteiger partial charge in [-0.3, -0.25) is 0 Å². The number of thiazole rings is 1. The quantitative estimate of drug-likeness (QED) is 0.772. The zero-order valence-electron chi connectivity index (χ0n) is 10.7. The van der Waals surface area contributed by atoms with Gasteiger partial charge in [0.1, 0.15) is 0 Å². The molecule has 0 unspecified atom stereocenters. The van der Waals surface area contributed by atoms with Crippen molar-refractivity contribution in [3.05, 3.63) is 41.0 Å². The van der Waals surface area contributed by atoms with E-state index in [1.165, 1.54) is 5.56 Å². The number of hydrogen-bond acceptors (Lipinski definition) is 5. The molecule has 0 amide bonds. The highest BCUT2D eigenvalue weighted by Gasteiger charge is 2.19. The Balaban J connectivity index is 2.19. The van der Waals surface area contributed by atoms with Crippen LogP contribution >= 0.6 is 11.3 Å². The Hall–Kier alpha value is -2.14. The van der Waals surface area contributed by atoms with E-state index >= 15 is 0 Å². The third-order valence-corrected chi connectivity index (χ3v) is 3.78. The Morgan fingerprint density at radius 3 is 2.79 bits per heavy atom. The Labute approximate surface area is 114 Å². The molecule has 2 heterocycles. The minimum atomic E-state index is 0.409. The van der Waals surface area contributed by atoms with Gasteiger partial charge >= 0.3 is 0 Å². The molecule has 19 heavy (non-hydrogen) atoms. The molecule has 0 aliphatic rings. The molecule has 2 N–H and O–H groups in total. The topological polar surface area (TPSA) is 64.9 Å². The van der Waals surface area contributed by atoms with E-state index in [1.54, 1.807) is 17.5 Å². The molecule has 0 radical (unpaired) electrons. The number of aryl methyl sites for hydroxylation is 2. The Morgan fingerprint density at radius 1 is 1.26 bits per heavy atom. The molecule has 0 aliphatic heterocycles. The second kappa shape index (κ2) is 4.51. The monoisotopic (exact) mass is 271 g/mol. The summed E-state index contributed by atoms with van der Waals surface area (Å²) in [6, 6.07) is 8.12. The Morgan fingerprint density at radius 2 is 2.11 bits per heavy atom. The number of benzene rings is 1. The van der Waals surface area contributed by atoms with E-state index in [2.05, 4.69) is 16.2 Å². The predicted molar refractivity (Wildman–Crippen MR) is 76.9 cm³/mol. The largest absolute Gasteiger partial charge is 0.380 e. The lowest BCUT2D eigenvalue weighted by atomic mass is 10.0. The number of nitrogens with zero attached hydrogens (tertiary/aromatic N) is 2. The van der Waals surface area contributed by atoms with Gasteiger partial charge < -0.3 is 10.3 Å². The highest BCUT2D eigenvalue weighted by atomic mass is 32.1. The summed E-state index contributed by atoms with van der Waals surface area (Å²) in [6.07, 6.45) is 1.79. The van der Waals surface area contributed by atoms with Crippen LogP contribution in [-0.4, -0.2) is 10.1 Å². The van der Waals surface area contributed by atoms with Gasteiger partial charge in [0.15, 0.2) is 11.6 Å². The van der Waals surface area contributed by atoms with Gasteiger partial charge in [-0.25, -0.2) is 4.98 Å². The van der Waals surface area contributed by atoms with Crippen LogP contribution in [-0.2, 0) is 0 Å². The van der Waals surface area contributed by atoms with Crippen LogP contribution < -0.4 is 5.73 Å². The number of hydrogen-bond donors (Lipinski definition) is 1. The van der Waals surface area contributed by atoms with Gasteiger partial charge in [0, 0.05) is 6.20 Å². The molecule has 4 nitrogen and oxygen atoms in total. The van der Waals surface area contributed by atoms with Crippen molar-refractivity contribution in [2.45, 2.75) is 13.8 Å². The van der Waals surface area contributed by atoms with Crippen LogP contribution in [0.25, 0.3) is 21.8 Å².